The van der Waals surface area contributed by atoms with E-state index in [1.807, 2.05) is 0 Å². The van der Waals surface area contributed by atoms with E-state index in [0.29, 0.717) is 5.56 Å². The van der Waals surface area contributed by atoms with E-state index in [1.165, 1.54) is 25.3 Å². The quantitative estimate of drug-likeness (QED) is 0.846. The molecule has 0 atom stereocenters. The van der Waals surface area contributed by atoms with Gasteiger partial charge in [0.1, 0.15) is 5.71 Å². The molecule has 0 aromatic heterocycles. The fraction of sp³-hybridized carbons (Fsp3) is 0.214. The number of nitrogens with zero attached hydrogens (tertiary/aromatic N) is 2. The number of rotatable bonds is 5. The molecule has 1 aromatic rings. The second-order valence-electron chi connectivity index (χ2n) is 4.35. The van der Waals surface area contributed by atoms with Gasteiger partial charge in [0.25, 0.3) is 5.91 Å². The third-order valence-electron chi connectivity index (χ3n) is 2.94. The van der Waals surface area contributed by atoms with Gasteiger partial charge in [0.15, 0.2) is 11.5 Å². The van der Waals surface area contributed by atoms with Gasteiger partial charge < -0.3 is 9.84 Å². The number of methoxy groups -OCH3 is 1. The van der Waals surface area contributed by atoms with Gasteiger partial charge in [-0.25, -0.2) is 4.79 Å². The van der Waals surface area contributed by atoms with Gasteiger partial charge in [-0.1, -0.05) is 17.7 Å². The highest BCUT2D eigenvalue weighted by molar-refractivity contribution is 6.46. The summed E-state index contributed by atoms with van der Waals surface area (Å²) >= 11 is 5.88. The zero-order chi connectivity index (χ0) is 15.6. The number of amides is 3. The van der Waals surface area contributed by atoms with Gasteiger partial charge >= 0.3 is 6.03 Å². The summed E-state index contributed by atoms with van der Waals surface area (Å²) < 4.78 is 4.99. The predicted molar refractivity (Wildman–Crippen MR) is 78.1 cm³/mol. The number of phenolic OH excluding ortho intramolecular Hbond substituents is 1. The SMILES string of the molecule is C=CCN1C(=O)N=C(Cc2cc(Cl)c(O)c(OC)c2)C1=O. The Morgan fingerprint density at radius 2 is 2.19 bits per heavy atom. The van der Waals surface area contributed by atoms with Gasteiger partial charge in [0.05, 0.1) is 12.1 Å². The van der Waals surface area contributed by atoms with E-state index in [1.54, 1.807) is 0 Å². The van der Waals surface area contributed by atoms with Gasteiger partial charge in [-0.15, -0.1) is 6.58 Å². The van der Waals surface area contributed by atoms with Gasteiger partial charge in [0.2, 0.25) is 0 Å². The average Bonchev–Trinajstić information content (AvgIpc) is 2.70. The number of imide groups is 1. The molecule has 1 aliphatic rings. The molecule has 2 rings (SSSR count). The van der Waals surface area contributed by atoms with Crippen molar-refractivity contribution in [3.63, 3.8) is 0 Å². The van der Waals surface area contributed by atoms with Gasteiger partial charge in [-0.05, 0) is 17.7 Å². The number of hydrogen-bond donors (Lipinski definition) is 1. The minimum Gasteiger partial charge on any atom is -0.503 e. The first kappa shape index (κ1) is 15.1. The normalized spacial score (nSPS) is 14.4. The first-order chi connectivity index (χ1) is 9.97. The third-order valence-corrected chi connectivity index (χ3v) is 3.23. The minimum absolute atomic E-state index is 0.102. The smallest absolute Gasteiger partial charge is 0.351 e. The van der Waals surface area contributed by atoms with Crippen LogP contribution >= 0.6 is 11.6 Å². The second kappa shape index (κ2) is 5.97. The van der Waals surface area contributed by atoms with Crippen LogP contribution in [0.5, 0.6) is 11.5 Å². The van der Waals surface area contributed by atoms with Crippen molar-refractivity contribution in [1.82, 2.24) is 4.90 Å². The molecule has 0 saturated carbocycles. The first-order valence-corrected chi connectivity index (χ1v) is 6.45. The lowest BCUT2D eigenvalue weighted by molar-refractivity contribution is -0.120. The highest BCUT2D eigenvalue weighted by Gasteiger charge is 2.32. The number of carbonyl (C=O) groups excluding carboxylic acids is 2. The van der Waals surface area contributed by atoms with Crippen LogP contribution in [0.1, 0.15) is 5.56 Å². The number of halogens is 1. The molecular formula is C14H13ClN2O4. The highest BCUT2D eigenvalue weighted by atomic mass is 35.5. The monoisotopic (exact) mass is 308 g/mol. The molecule has 1 aliphatic heterocycles. The van der Waals surface area contributed by atoms with Crippen molar-refractivity contribution in [2.45, 2.75) is 6.42 Å². The maximum absolute atomic E-state index is 12.0. The van der Waals surface area contributed by atoms with Crippen LogP contribution in [-0.2, 0) is 11.2 Å². The number of ether oxygens (including phenoxy) is 1. The van der Waals surface area contributed by atoms with Crippen molar-refractivity contribution >= 4 is 29.3 Å². The Bertz CT molecular complexity index is 655. The predicted octanol–water partition coefficient (Wildman–Crippen LogP) is 2.19. The fourth-order valence-electron chi connectivity index (χ4n) is 1.95. The lowest BCUT2D eigenvalue weighted by atomic mass is 10.1. The van der Waals surface area contributed by atoms with Gasteiger partial charge in [-0.3, -0.25) is 9.69 Å². The van der Waals surface area contributed by atoms with Crippen LogP contribution in [0.4, 0.5) is 4.79 Å². The summed E-state index contributed by atoms with van der Waals surface area (Å²) in [6.07, 6.45) is 1.57. The molecule has 1 heterocycles. The van der Waals surface area contributed by atoms with Crippen LogP contribution in [0.3, 0.4) is 0 Å². The van der Waals surface area contributed by atoms with Crippen molar-refractivity contribution in [2.24, 2.45) is 4.99 Å². The van der Waals surface area contributed by atoms with Gasteiger partial charge in [0, 0.05) is 13.0 Å². The molecular weight excluding hydrogens is 296 g/mol. The van der Waals surface area contributed by atoms with Crippen LogP contribution in [0.25, 0.3) is 0 Å². The zero-order valence-electron chi connectivity index (χ0n) is 11.3. The summed E-state index contributed by atoms with van der Waals surface area (Å²) in [5, 5.41) is 9.76. The van der Waals surface area contributed by atoms with E-state index < -0.39 is 11.9 Å². The van der Waals surface area contributed by atoms with E-state index in [2.05, 4.69) is 11.6 Å². The van der Waals surface area contributed by atoms with Crippen molar-refractivity contribution < 1.29 is 19.4 Å². The highest BCUT2D eigenvalue weighted by Crippen LogP contribution is 2.35. The molecule has 1 aromatic carbocycles. The van der Waals surface area contributed by atoms with E-state index in [4.69, 9.17) is 16.3 Å². The first-order valence-electron chi connectivity index (χ1n) is 6.07. The zero-order valence-corrected chi connectivity index (χ0v) is 12.1. The molecule has 0 saturated heterocycles. The van der Waals surface area contributed by atoms with Crippen LogP contribution in [0.15, 0.2) is 29.8 Å². The Morgan fingerprint density at radius 1 is 1.48 bits per heavy atom. The number of aromatic hydroxyl groups is 1. The minimum atomic E-state index is -0.605. The van der Waals surface area contributed by atoms with Crippen LogP contribution in [0, 0.1) is 0 Å². The second-order valence-corrected chi connectivity index (χ2v) is 4.76. The molecule has 0 radical (unpaired) electrons. The molecule has 110 valence electrons. The molecule has 0 bridgehead atoms. The Labute approximate surface area is 126 Å². The van der Waals surface area contributed by atoms with E-state index >= 15 is 0 Å². The largest absolute Gasteiger partial charge is 0.503 e. The fourth-order valence-corrected chi connectivity index (χ4v) is 2.18. The standard InChI is InChI=1S/C14H13ClN2O4/c1-3-4-17-13(19)10(16-14(17)20)6-8-5-9(15)12(18)11(7-8)21-2/h3,5,7,18H,1,4,6H2,2H3. The number of benzene rings is 1. The van der Waals surface area contributed by atoms with E-state index in [0.717, 1.165) is 4.90 Å². The number of urea groups is 1. The molecule has 7 heteroatoms. The van der Waals surface area contributed by atoms with Crippen molar-refractivity contribution in [3.8, 4) is 11.5 Å². The molecule has 6 nitrogen and oxygen atoms in total. The number of phenols is 1. The molecule has 0 fully saturated rings. The summed E-state index contributed by atoms with van der Waals surface area (Å²) in [5.41, 5.74) is 0.723. The third kappa shape index (κ3) is 2.90. The van der Waals surface area contributed by atoms with Crippen molar-refractivity contribution in [2.75, 3.05) is 13.7 Å². The Balaban J connectivity index is 2.25. The molecule has 0 spiro atoms. The van der Waals surface area contributed by atoms with Crippen LogP contribution in [-0.4, -0.2) is 41.3 Å². The molecule has 21 heavy (non-hydrogen) atoms. The van der Waals surface area contributed by atoms with E-state index in [-0.39, 0.29) is 35.2 Å². The molecule has 0 unspecified atom stereocenters. The average molecular weight is 309 g/mol. The summed E-state index contributed by atoms with van der Waals surface area (Å²) in [6.45, 7) is 3.60. The number of hydrogen-bond acceptors (Lipinski definition) is 4. The summed E-state index contributed by atoms with van der Waals surface area (Å²) in [6, 6.07) is 2.43. The number of carbonyl (C=O) groups is 2. The lowest BCUT2D eigenvalue weighted by Crippen LogP contribution is -2.33. The van der Waals surface area contributed by atoms with Crippen LogP contribution in [0.2, 0.25) is 5.02 Å². The maximum Gasteiger partial charge on any atom is 0.351 e. The van der Waals surface area contributed by atoms with Crippen molar-refractivity contribution in [1.29, 1.82) is 0 Å². The van der Waals surface area contributed by atoms with Crippen molar-refractivity contribution in [3.05, 3.63) is 35.4 Å². The molecule has 0 aliphatic carbocycles. The summed E-state index contributed by atoms with van der Waals surface area (Å²) in [7, 11) is 1.39. The lowest BCUT2D eigenvalue weighted by Gasteiger charge is -2.10. The number of aliphatic imine (C=N–C) groups is 1. The molecule has 1 N–H and O–H groups in total. The molecule has 3 amide bonds. The Hall–Kier alpha value is -2.34. The summed E-state index contributed by atoms with van der Waals surface area (Å²) in [4.78, 5) is 28.4. The van der Waals surface area contributed by atoms with E-state index in [9.17, 15) is 14.7 Å². The Morgan fingerprint density at radius 3 is 2.81 bits per heavy atom. The Kier molecular flexibility index (Phi) is 4.28. The van der Waals surface area contributed by atoms with Crippen LogP contribution < -0.4 is 4.74 Å². The summed E-state index contributed by atoms with van der Waals surface area (Å²) in [5.74, 6) is -0.437. The van der Waals surface area contributed by atoms with Gasteiger partial charge in [-0.2, -0.15) is 4.99 Å². The topological polar surface area (TPSA) is 79.2 Å². The maximum atomic E-state index is 12.0.